The topological polar surface area (TPSA) is 43.3 Å². The molecule has 0 N–H and O–H groups in total. The quantitative estimate of drug-likeness (QED) is 0.405. The van der Waals surface area contributed by atoms with E-state index in [0.29, 0.717) is 5.88 Å². The van der Waals surface area contributed by atoms with Crippen LogP contribution in [0, 0.1) is 0 Å². The normalized spacial score (nSPS) is 22.0. The minimum atomic E-state index is -2.14. The number of alkyl halides is 1. The fourth-order valence-electron chi connectivity index (χ4n) is 3.59. The van der Waals surface area contributed by atoms with Crippen molar-refractivity contribution in [3.8, 4) is 11.5 Å². The summed E-state index contributed by atoms with van der Waals surface area (Å²) in [6, 6.07) is 5.69. The lowest BCUT2D eigenvalue weighted by Gasteiger charge is -2.43. The Morgan fingerprint density at radius 1 is 1.17 bits per heavy atom. The molecular weight excluding hydrogens is 416 g/mol. The summed E-state index contributed by atoms with van der Waals surface area (Å²) in [6.45, 7) is 11.3. The molecule has 3 unspecified atom stereocenters. The van der Waals surface area contributed by atoms with Crippen molar-refractivity contribution in [1.29, 1.82) is 0 Å². The maximum absolute atomic E-state index is 7.07. The summed E-state index contributed by atoms with van der Waals surface area (Å²) in [5.74, 6) is 2.87. The molecule has 3 atom stereocenters. The van der Waals surface area contributed by atoms with Crippen LogP contribution in [0.4, 0.5) is 0 Å². The standard InChI is InChI=1S/C23H33ClN2O3Si/c1-23(2,3)30(6,7)29-22(17-14-16(27-4)11-12-19(17)28-5)21-18(15-24)25-20-10-8-9-13-26(20)21/h8-14,18,21-22H,15H2,1-7H3. The third-order valence-corrected chi connectivity index (χ3v) is 11.1. The van der Waals surface area contributed by atoms with Gasteiger partial charge in [-0.2, -0.15) is 0 Å². The van der Waals surface area contributed by atoms with Gasteiger partial charge in [0.2, 0.25) is 0 Å². The molecule has 0 radical (unpaired) electrons. The number of nitrogens with zero attached hydrogens (tertiary/aromatic N) is 2. The van der Waals surface area contributed by atoms with Gasteiger partial charge in [-0.05, 0) is 48.5 Å². The summed E-state index contributed by atoms with van der Waals surface area (Å²) in [5, 5.41) is 0.0493. The molecule has 1 aromatic rings. The first-order valence-electron chi connectivity index (χ1n) is 10.3. The van der Waals surface area contributed by atoms with E-state index in [1.807, 2.05) is 36.4 Å². The highest BCUT2D eigenvalue weighted by Crippen LogP contribution is 2.45. The summed E-state index contributed by atoms with van der Waals surface area (Å²) < 4.78 is 18.3. The molecule has 0 saturated carbocycles. The average Bonchev–Trinajstić information content (AvgIpc) is 3.09. The van der Waals surface area contributed by atoms with Gasteiger partial charge in [0, 0.05) is 17.6 Å². The van der Waals surface area contributed by atoms with Crippen LogP contribution < -0.4 is 9.47 Å². The van der Waals surface area contributed by atoms with Crippen LogP contribution in [0.2, 0.25) is 18.1 Å². The van der Waals surface area contributed by atoms with E-state index in [1.165, 1.54) is 0 Å². The molecule has 5 nitrogen and oxygen atoms in total. The maximum Gasteiger partial charge on any atom is 0.193 e. The fraction of sp³-hybridized carbons (Fsp3) is 0.522. The molecule has 0 saturated heterocycles. The smallest absolute Gasteiger partial charge is 0.193 e. The van der Waals surface area contributed by atoms with Crippen LogP contribution in [-0.4, -0.2) is 51.2 Å². The van der Waals surface area contributed by atoms with Gasteiger partial charge in [-0.15, -0.1) is 11.6 Å². The van der Waals surface area contributed by atoms with Gasteiger partial charge >= 0.3 is 0 Å². The minimum absolute atomic E-state index is 0.0493. The highest BCUT2D eigenvalue weighted by Gasteiger charge is 2.47. The maximum atomic E-state index is 7.07. The zero-order chi connectivity index (χ0) is 22.1. The van der Waals surface area contributed by atoms with Gasteiger partial charge in [-0.3, -0.25) is 4.99 Å². The molecule has 0 aliphatic carbocycles. The number of aliphatic imine (C=N–C) groups is 1. The molecule has 0 amide bonds. The van der Waals surface area contributed by atoms with E-state index < -0.39 is 8.32 Å². The van der Waals surface area contributed by atoms with E-state index in [2.05, 4.69) is 45.0 Å². The zero-order valence-electron chi connectivity index (χ0n) is 19.0. The molecule has 2 aliphatic rings. The van der Waals surface area contributed by atoms with Gasteiger partial charge in [0.15, 0.2) is 8.32 Å². The van der Waals surface area contributed by atoms with Crippen molar-refractivity contribution in [3.63, 3.8) is 0 Å². The Morgan fingerprint density at radius 2 is 1.90 bits per heavy atom. The molecule has 0 fully saturated rings. The van der Waals surface area contributed by atoms with E-state index in [0.717, 1.165) is 22.9 Å². The fourth-order valence-corrected chi connectivity index (χ4v) is 5.09. The number of amidine groups is 1. The Bertz CT molecular complexity index is 860. The molecule has 30 heavy (non-hydrogen) atoms. The summed E-state index contributed by atoms with van der Waals surface area (Å²) in [7, 11) is 1.22. The van der Waals surface area contributed by atoms with Crippen LogP contribution in [0.3, 0.4) is 0 Å². The molecule has 2 aliphatic heterocycles. The number of allylic oxidation sites excluding steroid dienone is 2. The second-order valence-electron chi connectivity index (χ2n) is 9.21. The predicted molar refractivity (Wildman–Crippen MR) is 126 cm³/mol. The summed E-state index contributed by atoms with van der Waals surface area (Å²) in [4.78, 5) is 7.07. The van der Waals surface area contributed by atoms with Crippen molar-refractivity contribution in [2.75, 3.05) is 20.1 Å². The van der Waals surface area contributed by atoms with Crippen LogP contribution in [0.15, 0.2) is 47.6 Å². The lowest BCUT2D eigenvalue weighted by atomic mass is 9.95. The molecular formula is C23H33ClN2O3Si. The molecule has 2 heterocycles. The Hall–Kier alpha value is -1.76. The van der Waals surface area contributed by atoms with E-state index >= 15 is 0 Å². The Labute approximate surface area is 186 Å². The lowest BCUT2D eigenvalue weighted by Crippen LogP contribution is -2.49. The second kappa shape index (κ2) is 8.77. The Morgan fingerprint density at radius 3 is 2.50 bits per heavy atom. The zero-order valence-corrected chi connectivity index (χ0v) is 20.7. The predicted octanol–water partition coefficient (Wildman–Crippen LogP) is 5.54. The van der Waals surface area contributed by atoms with Crippen molar-refractivity contribution in [3.05, 3.63) is 48.2 Å². The van der Waals surface area contributed by atoms with E-state index in [1.54, 1.807) is 14.2 Å². The van der Waals surface area contributed by atoms with Crippen molar-refractivity contribution in [2.24, 2.45) is 4.99 Å². The van der Waals surface area contributed by atoms with Crippen LogP contribution >= 0.6 is 11.6 Å². The van der Waals surface area contributed by atoms with E-state index in [9.17, 15) is 0 Å². The van der Waals surface area contributed by atoms with Gasteiger partial charge in [0.1, 0.15) is 17.3 Å². The number of rotatable bonds is 7. The van der Waals surface area contributed by atoms with Crippen molar-refractivity contribution < 1.29 is 13.9 Å². The SMILES string of the molecule is COc1ccc(OC)c(C(O[Si](C)(C)C(C)(C)C)C2C(CCl)N=C3C=CC=CN32)c1. The van der Waals surface area contributed by atoms with Crippen LogP contribution in [-0.2, 0) is 4.43 Å². The van der Waals surface area contributed by atoms with Crippen molar-refractivity contribution >= 4 is 25.8 Å². The number of methoxy groups -OCH3 is 2. The highest BCUT2D eigenvalue weighted by molar-refractivity contribution is 6.74. The van der Waals surface area contributed by atoms with Crippen LogP contribution in [0.1, 0.15) is 32.4 Å². The minimum Gasteiger partial charge on any atom is -0.497 e. The first-order valence-corrected chi connectivity index (χ1v) is 13.7. The number of halogens is 1. The van der Waals surface area contributed by atoms with Crippen LogP contribution in [0.25, 0.3) is 0 Å². The molecule has 1 aromatic carbocycles. The van der Waals surface area contributed by atoms with Crippen molar-refractivity contribution in [1.82, 2.24) is 4.90 Å². The Kier molecular flexibility index (Phi) is 6.70. The van der Waals surface area contributed by atoms with E-state index in [4.69, 9.17) is 30.5 Å². The second-order valence-corrected chi connectivity index (χ2v) is 14.3. The van der Waals surface area contributed by atoms with Crippen molar-refractivity contribution in [2.45, 2.75) is 57.1 Å². The molecule has 0 aromatic heterocycles. The van der Waals surface area contributed by atoms with Gasteiger partial charge in [-0.1, -0.05) is 26.8 Å². The third kappa shape index (κ3) is 4.31. The highest BCUT2D eigenvalue weighted by atomic mass is 35.5. The number of ether oxygens (including phenoxy) is 2. The molecule has 164 valence electrons. The van der Waals surface area contributed by atoms with Gasteiger partial charge < -0.3 is 18.8 Å². The largest absolute Gasteiger partial charge is 0.497 e. The molecule has 0 spiro atoms. The number of fused-ring (bicyclic) bond motifs is 1. The van der Waals surface area contributed by atoms with Gasteiger partial charge in [0.05, 0.1) is 32.4 Å². The summed E-state index contributed by atoms with van der Waals surface area (Å²) in [6.07, 6.45) is 7.82. The van der Waals surface area contributed by atoms with E-state index in [-0.39, 0.29) is 23.2 Å². The number of hydrogen-bond donors (Lipinski definition) is 0. The molecule has 7 heteroatoms. The Balaban J connectivity index is 2.14. The first-order chi connectivity index (χ1) is 14.1. The molecule has 3 rings (SSSR count). The van der Waals surface area contributed by atoms with Crippen LogP contribution in [0.5, 0.6) is 11.5 Å². The first kappa shape index (κ1) is 22.9. The third-order valence-electron chi connectivity index (χ3n) is 6.32. The number of hydrogen-bond acceptors (Lipinski definition) is 5. The number of benzene rings is 1. The van der Waals surface area contributed by atoms with Gasteiger partial charge in [-0.25, -0.2) is 0 Å². The lowest BCUT2D eigenvalue weighted by molar-refractivity contribution is 0.105. The monoisotopic (exact) mass is 448 g/mol. The summed E-state index contributed by atoms with van der Waals surface area (Å²) >= 11 is 6.41. The van der Waals surface area contributed by atoms with Gasteiger partial charge in [0.25, 0.3) is 0 Å². The molecule has 0 bridgehead atoms. The average molecular weight is 449 g/mol. The summed E-state index contributed by atoms with van der Waals surface area (Å²) in [5.41, 5.74) is 0.959.